The maximum atomic E-state index is 4.69. The van der Waals surface area contributed by atoms with Crippen LogP contribution in [-0.4, -0.2) is 16.6 Å². The normalized spacial score (nSPS) is 23.1. The molecule has 0 amide bonds. The number of hydrogen-bond acceptors (Lipinski definition) is 3. The van der Waals surface area contributed by atoms with Gasteiger partial charge in [-0.15, -0.1) is 0 Å². The number of fused-ring (bicyclic) bond motifs is 1. The lowest BCUT2D eigenvalue weighted by atomic mass is 10.1. The summed E-state index contributed by atoms with van der Waals surface area (Å²) in [7, 11) is 0. The second-order valence-electron chi connectivity index (χ2n) is 3.89. The standard InChI is InChI=1S/C12H12N2S/c1-9-2-4-10(5-3-9)11-8-14-6-7-15-12(14)13-11/h2-7,11H,8H2,1H3. The maximum Gasteiger partial charge on any atom is 0.168 e. The van der Waals surface area contributed by atoms with E-state index in [0.717, 1.165) is 11.7 Å². The largest absolute Gasteiger partial charge is 0.325 e. The highest BCUT2D eigenvalue weighted by atomic mass is 32.2. The molecule has 0 spiro atoms. The van der Waals surface area contributed by atoms with Gasteiger partial charge >= 0.3 is 0 Å². The number of aliphatic imine (C=N–C) groups is 1. The Balaban J connectivity index is 1.86. The van der Waals surface area contributed by atoms with Crippen LogP contribution in [-0.2, 0) is 0 Å². The van der Waals surface area contributed by atoms with Gasteiger partial charge in [0.2, 0.25) is 0 Å². The van der Waals surface area contributed by atoms with Crippen LogP contribution in [0.4, 0.5) is 0 Å². The van der Waals surface area contributed by atoms with Crippen molar-refractivity contribution in [1.82, 2.24) is 4.90 Å². The van der Waals surface area contributed by atoms with Gasteiger partial charge in [-0.2, -0.15) is 0 Å². The summed E-state index contributed by atoms with van der Waals surface area (Å²) in [5, 5.41) is 3.23. The fraction of sp³-hybridized carbons (Fsp3) is 0.250. The van der Waals surface area contributed by atoms with Gasteiger partial charge in [0.1, 0.15) is 0 Å². The highest BCUT2D eigenvalue weighted by Gasteiger charge is 2.27. The topological polar surface area (TPSA) is 15.6 Å². The van der Waals surface area contributed by atoms with E-state index in [2.05, 4.69) is 47.7 Å². The third-order valence-electron chi connectivity index (χ3n) is 2.76. The highest BCUT2D eigenvalue weighted by molar-refractivity contribution is 8.16. The van der Waals surface area contributed by atoms with Gasteiger partial charge in [0.05, 0.1) is 12.6 Å². The van der Waals surface area contributed by atoms with Crippen molar-refractivity contribution in [3.8, 4) is 0 Å². The molecule has 2 aliphatic rings. The molecule has 1 atom stereocenters. The van der Waals surface area contributed by atoms with Crippen LogP contribution in [0.5, 0.6) is 0 Å². The summed E-state index contributed by atoms with van der Waals surface area (Å²) in [5.74, 6) is 0. The lowest BCUT2D eigenvalue weighted by molar-refractivity contribution is 0.558. The van der Waals surface area contributed by atoms with E-state index in [0.29, 0.717) is 6.04 Å². The van der Waals surface area contributed by atoms with Crippen LogP contribution in [0, 0.1) is 6.92 Å². The fourth-order valence-electron chi connectivity index (χ4n) is 1.87. The molecule has 1 aromatic rings. The van der Waals surface area contributed by atoms with Gasteiger partial charge < -0.3 is 4.90 Å². The summed E-state index contributed by atoms with van der Waals surface area (Å²) < 4.78 is 0. The zero-order valence-corrected chi connectivity index (χ0v) is 9.37. The molecule has 1 unspecified atom stereocenters. The van der Waals surface area contributed by atoms with Gasteiger partial charge in [0, 0.05) is 6.20 Å². The van der Waals surface area contributed by atoms with Crippen molar-refractivity contribution in [1.29, 1.82) is 0 Å². The summed E-state index contributed by atoms with van der Waals surface area (Å²) in [6, 6.07) is 8.99. The fourth-order valence-corrected chi connectivity index (χ4v) is 2.66. The van der Waals surface area contributed by atoms with E-state index in [4.69, 9.17) is 4.99 Å². The first-order chi connectivity index (χ1) is 7.33. The van der Waals surface area contributed by atoms with Crippen LogP contribution in [0.25, 0.3) is 0 Å². The van der Waals surface area contributed by atoms with E-state index in [-0.39, 0.29) is 0 Å². The van der Waals surface area contributed by atoms with Crippen LogP contribution >= 0.6 is 11.8 Å². The Morgan fingerprint density at radius 3 is 2.87 bits per heavy atom. The van der Waals surface area contributed by atoms with Crippen molar-refractivity contribution in [3.63, 3.8) is 0 Å². The van der Waals surface area contributed by atoms with Crippen molar-refractivity contribution >= 4 is 16.9 Å². The molecule has 0 saturated heterocycles. The molecule has 0 aliphatic carbocycles. The minimum atomic E-state index is 0.318. The highest BCUT2D eigenvalue weighted by Crippen LogP contribution is 2.32. The van der Waals surface area contributed by atoms with Crippen molar-refractivity contribution < 1.29 is 0 Å². The summed E-state index contributed by atoms with van der Waals surface area (Å²) in [5.41, 5.74) is 2.62. The summed E-state index contributed by atoms with van der Waals surface area (Å²) in [4.78, 5) is 6.91. The van der Waals surface area contributed by atoms with Crippen molar-refractivity contribution in [3.05, 3.63) is 47.0 Å². The minimum Gasteiger partial charge on any atom is -0.325 e. The Hall–Kier alpha value is -1.22. The average molecular weight is 216 g/mol. The molecule has 2 heterocycles. The predicted molar refractivity (Wildman–Crippen MR) is 64.8 cm³/mol. The van der Waals surface area contributed by atoms with Gasteiger partial charge in [0.25, 0.3) is 0 Å². The number of amidine groups is 1. The molecule has 15 heavy (non-hydrogen) atoms. The predicted octanol–water partition coefficient (Wildman–Crippen LogP) is 2.93. The molecule has 0 saturated carbocycles. The van der Waals surface area contributed by atoms with Crippen molar-refractivity contribution in [2.24, 2.45) is 4.99 Å². The van der Waals surface area contributed by atoms with Crippen molar-refractivity contribution in [2.45, 2.75) is 13.0 Å². The molecule has 0 N–H and O–H groups in total. The minimum absolute atomic E-state index is 0.318. The van der Waals surface area contributed by atoms with E-state index in [1.165, 1.54) is 11.1 Å². The molecule has 0 bridgehead atoms. The van der Waals surface area contributed by atoms with Gasteiger partial charge in [-0.3, -0.25) is 4.99 Å². The number of aryl methyl sites for hydroxylation is 1. The average Bonchev–Trinajstić information content (AvgIpc) is 2.78. The van der Waals surface area contributed by atoms with Gasteiger partial charge in [0.15, 0.2) is 5.17 Å². The second kappa shape index (κ2) is 3.42. The van der Waals surface area contributed by atoms with E-state index in [1.807, 2.05) is 0 Å². The van der Waals surface area contributed by atoms with E-state index >= 15 is 0 Å². The Kier molecular flexibility index (Phi) is 2.06. The molecule has 0 aromatic heterocycles. The Morgan fingerprint density at radius 1 is 1.33 bits per heavy atom. The summed E-state index contributed by atoms with van der Waals surface area (Å²) in [6.07, 6.45) is 2.11. The molecule has 2 aliphatic heterocycles. The van der Waals surface area contributed by atoms with Gasteiger partial charge in [-0.25, -0.2) is 0 Å². The molecule has 0 radical (unpaired) electrons. The lowest BCUT2D eigenvalue weighted by Gasteiger charge is -2.10. The third-order valence-corrected chi connectivity index (χ3v) is 3.57. The molecule has 2 nitrogen and oxygen atoms in total. The first-order valence-electron chi connectivity index (χ1n) is 5.07. The molecule has 3 heteroatoms. The number of rotatable bonds is 1. The number of benzene rings is 1. The van der Waals surface area contributed by atoms with Gasteiger partial charge in [-0.05, 0) is 17.9 Å². The van der Waals surface area contributed by atoms with Crippen LogP contribution in [0.2, 0.25) is 0 Å². The van der Waals surface area contributed by atoms with Crippen LogP contribution in [0.3, 0.4) is 0 Å². The molecular weight excluding hydrogens is 204 g/mol. The summed E-state index contributed by atoms with van der Waals surface area (Å²) >= 11 is 1.71. The molecule has 76 valence electrons. The molecule has 1 aromatic carbocycles. The van der Waals surface area contributed by atoms with E-state index in [1.54, 1.807) is 11.8 Å². The number of nitrogens with zero attached hydrogens (tertiary/aromatic N) is 2. The van der Waals surface area contributed by atoms with Gasteiger partial charge in [-0.1, -0.05) is 41.6 Å². The van der Waals surface area contributed by atoms with Crippen LogP contribution in [0.1, 0.15) is 17.2 Å². The Bertz CT molecular complexity index is 433. The summed E-state index contributed by atoms with van der Waals surface area (Å²) in [6.45, 7) is 3.10. The number of hydrogen-bond donors (Lipinski definition) is 0. The maximum absolute atomic E-state index is 4.69. The second-order valence-corrected chi connectivity index (χ2v) is 4.77. The number of thioether (sulfide) groups is 1. The smallest absolute Gasteiger partial charge is 0.168 e. The van der Waals surface area contributed by atoms with E-state index < -0.39 is 0 Å². The quantitative estimate of drug-likeness (QED) is 0.717. The first-order valence-corrected chi connectivity index (χ1v) is 5.95. The molecule has 3 rings (SSSR count). The van der Waals surface area contributed by atoms with Crippen molar-refractivity contribution in [2.75, 3.05) is 6.54 Å². The van der Waals surface area contributed by atoms with Crippen LogP contribution in [0.15, 0.2) is 40.9 Å². The Morgan fingerprint density at radius 2 is 2.13 bits per heavy atom. The monoisotopic (exact) mass is 216 g/mol. The van der Waals surface area contributed by atoms with E-state index in [9.17, 15) is 0 Å². The lowest BCUT2D eigenvalue weighted by Crippen LogP contribution is -2.15. The Labute approximate surface area is 93.7 Å². The zero-order valence-electron chi connectivity index (χ0n) is 8.55. The van der Waals surface area contributed by atoms with Crippen LogP contribution < -0.4 is 0 Å². The SMILES string of the molecule is Cc1ccc(C2CN3C=CSC3=N2)cc1. The first kappa shape index (κ1) is 9.04. The molecular formula is C12H12N2S. The third kappa shape index (κ3) is 1.57. The molecule has 0 fully saturated rings. The zero-order chi connectivity index (χ0) is 10.3.